The van der Waals surface area contributed by atoms with E-state index < -0.39 is 0 Å². The van der Waals surface area contributed by atoms with Gasteiger partial charge in [-0.25, -0.2) is 4.99 Å². The summed E-state index contributed by atoms with van der Waals surface area (Å²) in [6.45, 7) is 14.4. The van der Waals surface area contributed by atoms with Crippen molar-refractivity contribution >= 4 is 17.6 Å². The van der Waals surface area contributed by atoms with E-state index in [0.29, 0.717) is 24.9 Å². The third kappa shape index (κ3) is 6.68. The normalized spacial score (nSPS) is 19.8. The van der Waals surface area contributed by atoms with Crippen LogP contribution in [-0.2, 0) is 11.3 Å². The molecule has 0 radical (unpaired) electrons. The standard InChI is InChI=1S/C24H40N6O/c1-5-25-24(27-18-22(19(2)3)29-15-13-28(4)14-16-29)26-17-20-8-10-21(11-9-20)30-12-6-7-23(30)31/h8-11,19,22H,5-7,12-18H2,1-4H3,(H2,25,26,27). The van der Waals surface area contributed by atoms with Crippen molar-refractivity contribution < 1.29 is 4.79 Å². The van der Waals surface area contributed by atoms with Gasteiger partial charge in [0.1, 0.15) is 0 Å². The quantitative estimate of drug-likeness (QED) is 0.491. The molecule has 31 heavy (non-hydrogen) atoms. The Bertz CT molecular complexity index is 724. The number of guanidine groups is 1. The second-order valence-electron chi connectivity index (χ2n) is 9.04. The van der Waals surface area contributed by atoms with Gasteiger partial charge in [0.05, 0.1) is 6.54 Å². The van der Waals surface area contributed by atoms with E-state index in [4.69, 9.17) is 4.99 Å². The molecule has 2 saturated heterocycles. The Labute approximate surface area is 187 Å². The highest BCUT2D eigenvalue weighted by Gasteiger charge is 2.25. The summed E-state index contributed by atoms with van der Waals surface area (Å²) in [4.78, 5) is 23.6. The molecule has 0 spiro atoms. The van der Waals surface area contributed by atoms with E-state index >= 15 is 0 Å². The highest BCUT2D eigenvalue weighted by molar-refractivity contribution is 5.95. The summed E-state index contributed by atoms with van der Waals surface area (Å²) < 4.78 is 0. The predicted molar refractivity (Wildman–Crippen MR) is 129 cm³/mol. The van der Waals surface area contributed by atoms with Crippen LogP contribution in [0.15, 0.2) is 29.3 Å². The maximum Gasteiger partial charge on any atom is 0.227 e. The molecule has 3 rings (SSSR count). The summed E-state index contributed by atoms with van der Waals surface area (Å²) in [7, 11) is 2.20. The number of piperazine rings is 1. The first-order valence-corrected chi connectivity index (χ1v) is 11.8. The summed E-state index contributed by atoms with van der Waals surface area (Å²) in [5, 5.41) is 6.95. The Morgan fingerprint density at radius 3 is 2.35 bits per heavy atom. The largest absolute Gasteiger partial charge is 0.357 e. The van der Waals surface area contributed by atoms with Crippen molar-refractivity contribution in [2.75, 3.05) is 57.8 Å². The minimum Gasteiger partial charge on any atom is -0.357 e. The van der Waals surface area contributed by atoms with Crippen LogP contribution < -0.4 is 15.5 Å². The molecule has 2 heterocycles. The molecule has 2 aliphatic heterocycles. The number of nitrogens with zero attached hydrogens (tertiary/aromatic N) is 4. The molecule has 1 aromatic carbocycles. The monoisotopic (exact) mass is 428 g/mol. The van der Waals surface area contributed by atoms with Crippen LogP contribution in [0, 0.1) is 5.92 Å². The Morgan fingerprint density at radius 2 is 1.77 bits per heavy atom. The molecule has 0 saturated carbocycles. The van der Waals surface area contributed by atoms with Gasteiger partial charge < -0.3 is 20.4 Å². The van der Waals surface area contributed by atoms with E-state index in [0.717, 1.165) is 69.4 Å². The van der Waals surface area contributed by atoms with Crippen molar-refractivity contribution in [2.24, 2.45) is 10.9 Å². The number of nitrogens with one attached hydrogen (secondary N) is 2. The van der Waals surface area contributed by atoms with Gasteiger partial charge in [0, 0.05) is 64.0 Å². The van der Waals surface area contributed by atoms with Gasteiger partial charge in [0.25, 0.3) is 0 Å². The molecule has 2 aliphatic rings. The number of benzene rings is 1. The van der Waals surface area contributed by atoms with Crippen molar-refractivity contribution in [3.8, 4) is 0 Å². The summed E-state index contributed by atoms with van der Waals surface area (Å²) >= 11 is 0. The van der Waals surface area contributed by atoms with Gasteiger partial charge in [-0.3, -0.25) is 9.69 Å². The average molecular weight is 429 g/mol. The highest BCUT2D eigenvalue weighted by Crippen LogP contribution is 2.21. The molecule has 172 valence electrons. The number of rotatable bonds is 8. The van der Waals surface area contributed by atoms with Crippen molar-refractivity contribution in [3.63, 3.8) is 0 Å². The number of amides is 1. The van der Waals surface area contributed by atoms with Gasteiger partial charge in [0.15, 0.2) is 5.96 Å². The summed E-state index contributed by atoms with van der Waals surface area (Å²) in [5.74, 6) is 1.67. The van der Waals surface area contributed by atoms with Crippen molar-refractivity contribution in [2.45, 2.75) is 46.2 Å². The number of carbonyl (C=O) groups excluding carboxylic acids is 1. The molecule has 1 amide bonds. The number of hydrogen-bond acceptors (Lipinski definition) is 4. The summed E-state index contributed by atoms with van der Waals surface area (Å²) in [6.07, 6.45) is 1.61. The topological polar surface area (TPSA) is 63.2 Å². The third-order valence-electron chi connectivity index (χ3n) is 6.34. The zero-order valence-corrected chi connectivity index (χ0v) is 19.7. The third-order valence-corrected chi connectivity index (χ3v) is 6.34. The van der Waals surface area contributed by atoms with Gasteiger partial charge in [-0.2, -0.15) is 0 Å². The first kappa shape index (κ1) is 23.5. The zero-order chi connectivity index (χ0) is 22.2. The maximum atomic E-state index is 11.9. The molecule has 0 bridgehead atoms. The molecule has 2 fully saturated rings. The maximum absolute atomic E-state index is 11.9. The number of aliphatic imine (C=N–C) groups is 1. The fourth-order valence-electron chi connectivity index (χ4n) is 4.36. The van der Waals surface area contributed by atoms with Crippen molar-refractivity contribution in [1.82, 2.24) is 20.4 Å². The molecule has 1 atom stereocenters. The van der Waals surface area contributed by atoms with Gasteiger partial charge in [0.2, 0.25) is 5.91 Å². The fraction of sp³-hybridized carbons (Fsp3) is 0.667. The highest BCUT2D eigenvalue weighted by atomic mass is 16.2. The molecule has 7 nitrogen and oxygen atoms in total. The van der Waals surface area contributed by atoms with Crippen molar-refractivity contribution in [1.29, 1.82) is 0 Å². The Hall–Kier alpha value is -2.12. The lowest BCUT2D eigenvalue weighted by molar-refractivity contribution is -0.117. The Morgan fingerprint density at radius 1 is 1.06 bits per heavy atom. The molecule has 1 unspecified atom stereocenters. The Balaban J connectivity index is 1.57. The molecule has 2 N–H and O–H groups in total. The van der Waals surface area contributed by atoms with Crippen LogP contribution in [0.1, 0.15) is 39.2 Å². The molecule has 0 aromatic heterocycles. The minimum atomic E-state index is 0.226. The lowest BCUT2D eigenvalue weighted by atomic mass is 10.0. The number of hydrogen-bond donors (Lipinski definition) is 2. The average Bonchev–Trinajstić information content (AvgIpc) is 3.19. The van der Waals surface area contributed by atoms with Crippen LogP contribution in [0.25, 0.3) is 0 Å². The molecule has 0 aliphatic carbocycles. The van der Waals surface area contributed by atoms with E-state index in [1.54, 1.807) is 0 Å². The van der Waals surface area contributed by atoms with Crippen LogP contribution in [0.4, 0.5) is 5.69 Å². The van der Waals surface area contributed by atoms with E-state index in [9.17, 15) is 4.79 Å². The summed E-state index contributed by atoms with van der Waals surface area (Å²) in [6, 6.07) is 8.73. The number of carbonyl (C=O) groups is 1. The van der Waals surface area contributed by atoms with Gasteiger partial charge in [-0.1, -0.05) is 26.0 Å². The van der Waals surface area contributed by atoms with E-state index in [1.807, 2.05) is 17.0 Å². The first-order valence-electron chi connectivity index (χ1n) is 11.8. The number of likely N-dealkylation sites (N-methyl/N-ethyl adjacent to an activating group) is 1. The van der Waals surface area contributed by atoms with Crippen molar-refractivity contribution in [3.05, 3.63) is 29.8 Å². The molecular weight excluding hydrogens is 388 g/mol. The van der Waals surface area contributed by atoms with E-state index in [2.05, 4.69) is 60.4 Å². The smallest absolute Gasteiger partial charge is 0.227 e. The summed E-state index contributed by atoms with van der Waals surface area (Å²) in [5.41, 5.74) is 2.14. The Kier molecular flexibility index (Phi) is 8.72. The number of anilines is 1. The predicted octanol–water partition coefficient (Wildman–Crippen LogP) is 2.14. The second kappa shape index (κ2) is 11.5. The van der Waals surface area contributed by atoms with Crippen LogP contribution >= 0.6 is 0 Å². The van der Waals surface area contributed by atoms with Gasteiger partial charge in [-0.15, -0.1) is 0 Å². The zero-order valence-electron chi connectivity index (χ0n) is 19.7. The van der Waals surface area contributed by atoms with Crippen LogP contribution in [0.5, 0.6) is 0 Å². The minimum absolute atomic E-state index is 0.226. The van der Waals surface area contributed by atoms with E-state index in [1.165, 1.54) is 0 Å². The second-order valence-corrected chi connectivity index (χ2v) is 9.04. The van der Waals surface area contributed by atoms with Crippen LogP contribution in [0.2, 0.25) is 0 Å². The van der Waals surface area contributed by atoms with Crippen LogP contribution in [-0.4, -0.2) is 80.6 Å². The molecular formula is C24H40N6O. The van der Waals surface area contributed by atoms with E-state index in [-0.39, 0.29) is 5.91 Å². The first-order chi connectivity index (χ1) is 15.0. The van der Waals surface area contributed by atoms with Gasteiger partial charge >= 0.3 is 0 Å². The SMILES string of the molecule is CCNC(=NCc1ccc(N2CCCC2=O)cc1)NCC(C(C)C)N1CCN(C)CC1. The fourth-order valence-corrected chi connectivity index (χ4v) is 4.36. The van der Waals surface area contributed by atoms with Crippen LogP contribution in [0.3, 0.4) is 0 Å². The molecule has 7 heteroatoms. The van der Waals surface area contributed by atoms with Gasteiger partial charge in [-0.05, 0) is 44.0 Å². The lowest BCUT2D eigenvalue weighted by Crippen LogP contribution is -2.55. The molecule has 1 aromatic rings. The lowest BCUT2D eigenvalue weighted by Gasteiger charge is -2.40.